The number of nitrogens with two attached hydrogens (primary N) is 1. The van der Waals surface area contributed by atoms with E-state index in [1.54, 1.807) is 12.1 Å². The maximum Gasteiger partial charge on any atom is 0.312 e. The Hall–Kier alpha value is -2.41. The Bertz CT molecular complexity index is 853. The number of benzene rings is 2. The quantitative estimate of drug-likeness (QED) is 0.556. The molecule has 0 heterocycles. The van der Waals surface area contributed by atoms with Crippen molar-refractivity contribution in [3.8, 4) is 0 Å². The minimum absolute atomic E-state index is 0.0593. The van der Waals surface area contributed by atoms with Crippen LogP contribution in [0.2, 0.25) is 0 Å². The van der Waals surface area contributed by atoms with Gasteiger partial charge < -0.3 is 16.4 Å². The second kappa shape index (κ2) is 9.87. The smallest absolute Gasteiger partial charge is 0.312 e. The minimum atomic E-state index is -0.686. The van der Waals surface area contributed by atoms with Crippen molar-refractivity contribution in [3.05, 3.63) is 69.9 Å². The lowest BCUT2D eigenvalue weighted by Crippen LogP contribution is -2.38. The summed E-state index contributed by atoms with van der Waals surface area (Å²) in [7, 11) is 0. The number of carbonyl (C=O) groups excluding carboxylic acids is 2. The Balaban J connectivity index is 1.76. The van der Waals surface area contributed by atoms with Gasteiger partial charge in [-0.25, -0.2) is 9.18 Å². The Morgan fingerprint density at radius 1 is 1.07 bits per heavy atom. The number of nitrogens with one attached hydrogen (secondary N) is 2. The Labute approximate surface area is 178 Å². The lowest BCUT2D eigenvalue weighted by Gasteiger charge is -2.27. The first-order valence-electron chi connectivity index (χ1n) is 9.78. The number of hydrogen-bond acceptors (Lipinski definition) is 2. The summed E-state index contributed by atoms with van der Waals surface area (Å²) in [5, 5.41) is 5.77. The first-order valence-corrected chi connectivity index (χ1v) is 10.6. The molecule has 0 spiro atoms. The van der Waals surface area contributed by atoms with Crippen LogP contribution in [0.4, 0.5) is 9.18 Å². The fourth-order valence-electron chi connectivity index (χ4n) is 4.00. The second-order valence-electron chi connectivity index (χ2n) is 7.46. The summed E-state index contributed by atoms with van der Waals surface area (Å²) >= 11 is 3.41. The highest BCUT2D eigenvalue weighted by Crippen LogP contribution is 2.36. The van der Waals surface area contributed by atoms with Gasteiger partial charge in [0.25, 0.3) is 0 Å². The minimum Gasteiger partial charge on any atom is -0.352 e. The first-order chi connectivity index (χ1) is 13.9. The van der Waals surface area contributed by atoms with Gasteiger partial charge in [-0.3, -0.25) is 4.79 Å². The van der Waals surface area contributed by atoms with Crippen LogP contribution in [-0.4, -0.2) is 11.9 Å². The molecule has 2 aromatic carbocycles. The summed E-state index contributed by atoms with van der Waals surface area (Å²) in [4.78, 5) is 24.4. The van der Waals surface area contributed by atoms with Crippen molar-refractivity contribution in [1.82, 2.24) is 10.6 Å². The molecular formula is C22H25BrFN3O2. The topological polar surface area (TPSA) is 84.2 Å². The fraction of sp³-hybridized carbons (Fsp3) is 0.364. The average molecular weight is 462 g/mol. The SMILES string of the molecule is NC(=O)N[C@@H](CC(=O)N[C@@H](c1ccc(F)cc1)C1CCCC1)c1cccc(Br)c1. The highest BCUT2D eigenvalue weighted by Gasteiger charge is 2.29. The molecule has 154 valence electrons. The summed E-state index contributed by atoms with van der Waals surface area (Å²) < 4.78 is 14.2. The zero-order valence-corrected chi connectivity index (χ0v) is 17.6. The predicted octanol–water partition coefficient (Wildman–Crippen LogP) is 4.74. The van der Waals surface area contributed by atoms with E-state index in [2.05, 4.69) is 26.6 Å². The second-order valence-corrected chi connectivity index (χ2v) is 8.38. The third kappa shape index (κ3) is 6.03. The van der Waals surface area contributed by atoms with E-state index < -0.39 is 12.1 Å². The molecule has 0 saturated heterocycles. The fourth-order valence-corrected chi connectivity index (χ4v) is 4.42. The normalized spacial score (nSPS) is 16.2. The summed E-state index contributed by atoms with van der Waals surface area (Å²) in [6.07, 6.45) is 4.36. The standard InChI is InChI=1S/C22H25BrFN3O2/c23-17-7-3-6-16(12-17)19(26-22(25)29)13-20(28)27-21(14-4-1-2-5-14)15-8-10-18(24)11-9-15/h3,6-12,14,19,21H,1-2,4-5,13H2,(H,27,28)(H3,25,26,29)/t19-,21+/m0/s1. The van der Waals surface area contributed by atoms with Crippen LogP contribution in [0.25, 0.3) is 0 Å². The maximum absolute atomic E-state index is 13.4. The van der Waals surface area contributed by atoms with Gasteiger partial charge in [-0.2, -0.15) is 0 Å². The van der Waals surface area contributed by atoms with Crippen molar-refractivity contribution < 1.29 is 14.0 Å². The maximum atomic E-state index is 13.4. The van der Waals surface area contributed by atoms with Gasteiger partial charge in [0.05, 0.1) is 18.5 Å². The van der Waals surface area contributed by atoms with Crippen molar-refractivity contribution in [2.24, 2.45) is 11.7 Å². The van der Waals surface area contributed by atoms with E-state index in [9.17, 15) is 14.0 Å². The molecule has 3 rings (SSSR count). The van der Waals surface area contributed by atoms with Gasteiger partial charge in [0, 0.05) is 4.47 Å². The van der Waals surface area contributed by atoms with E-state index in [-0.39, 0.29) is 24.2 Å². The molecule has 1 saturated carbocycles. The zero-order chi connectivity index (χ0) is 20.8. The van der Waals surface area contributed by atoms with Crippen LogP contribution < -0.4 is 16.4 Å². The van der Waals surface area contributed by atoms with Gasteiger partial charge in [-0.15, -0.1) is 0 Å². The molecule has 3 amide bonds. The van der Waals surface area contributed by atoms with E-state index >= 15 is 0 Å². The number of hydrogen-bond donors (Lipinski definition) is 3. The van der Waals surface area contributed by atoms with Gasteiger partial charge in [-0.05, 0) is 54.2 Å². The molecule has 1 fully saturated rings. The third-order valence-electron chi connectivity index (χ3n) is 5.37. The molecule has 2 atom stereocenters. The molecule has 5 nitrogen and oxygen atoms in total. The van der Waals surface area contributed by atoms with E-state index in [1.165, 1.54) is 12.1 Å². The monoisotopic (exact) mass is 461 g/mol. The van der Waals surface area contributed by atoms with Gasteiger partial charge in [0.15, 0.2) is 0 Å². The molecular weight excluding hydrogens is 437 g/mol. The largest absolute Gasteiger partial charge is 0.352 e. The Morgan fingerprint density at radius 2 is 1.76 bits per heavy atom. The van der Waals surface area contributed by atoms with Gasteiger partial charge in [-0.1, -0.05) is 53.0 Å². The van der Waals surface area contributed by atoms with Crippen molar-refractivity contribution in [2.75, 3.05) is 0 Å². The molecule has 4 N–H and O–H groups in total. The summed E-state index contributed by atoms with van der Waals surface area (Å²) in [5.74, 6) is -0.173. The molecule has 0 aromatic heterocycles. The number of rotatable bonds is 7. The van der Waals surface area contributed by atoms with Crippen LogP contribution >= 0.6 is 15.9 Å². The molecule has 7 heteroatoms. The van der Waals surface area contributed by atoms with Crippen molar-refractivity contribution in [2.45, 2.75) is 44.2 Å². The van der Waals surface area contributed by atoms with Crippen LogP contribution in [0.15, 0.2) is 53.0 Å². The number of primary amides is 1. The molecule has 1 aliphatic rings. The van der Waals surface area contributed by atoms with E-state index in [4.69, 9.17) is 5.73 Å². The van der Waals surface area contributed by atoms with E-state index in [0.717, 1.165) is 41.3 Å². The zero-order valence-electron chi connectivity index (χ0n) is 16.0. The molecule has 0 aliphatic heterocycles. The van der Waals surface area contributed by atoms with Crippen molar-refractivity contribution >= 4 is 27.9 Å². The molecule has 0 bridgehead atoms. The number of carbonyl (C=O) groups is 2. The third-order valence-corrected chi connectivity index (χ3v) is 5.87. The summed E-state index contributed by atoms with van der Waals surface area (Å²) in [5.41, 5.74) is 7.00. The van der Waals surface area contributed by atoms with Crippen molar-refractivity contribution in [1.29, 1.82) is 0 Å². The number of amides is 3. The molecule has 0 unspecified atom stereocenters. The molecule has 2 aromatic rings. The van der Waals surface area contributed by atoms with Crippen LogP contribution in [0.3, 0.4) is 0 Å². The first kappa shape index (κ1) is 21.3. The van der Waals surface area contributed by atoms with Gasteiger partial charge in [0.1, 0.15) is 5.82 Å². The van der Waals surface area contributed by atoms with Crippen LogP contribution in [-0.2, 0) is 4.79 Å². The summed E-state index contributed by atoms with van der Waals surface area (Å²) in [6, 6.07) is 12.3. The number of urea groups is 1. The lowest BCUT2D eigenvalue weighted by molar-refractivity contribution is -0.122. The van der Waals surface area contributed by atoms with E-state index in [1.807, 2.05) is 24.3 Å². The number of halogens is 2. The summed E-state index contributed by atoms with van der Waals surface area (Å²) in [6.45, 7) is 0. The molecule has 0 radical (unpaired) electrons. The van der Waals surface area contributed by atoms with Crippen molar-refractivity contribution in [3.63, 3.8) is 0 Å². The van der Waals surface area contributed by atoms with E-state index in [0.29, 0.717) is 5.92 Å². The average Bonchev–Trinajstić information content (AvgIpc) is 3.20. The van der Waals surface area contributed by atoms with Gasteiger partial charge in [0.2, 0.25) is 5.91 Å². The molecule has 1 aliphatic carbocycles. The van der Waals surface area contributed by atoms with Crippen LogP contribution in [0.1, 0.15) is 55.3 Å². The highest BCUT2D eigenvalue weighted by atomic mass is 79.9. The molecule has 29 heavy (non-hydrogen) atoms. The predicted molar refractivity (Wildman–Crippen MR) is 113 cm³/mol. The van der Waals surface area contributed by atoms with Crippen LogP contribution in [0, 0.1) is 11.7 Å². The Morgan fingerprint density at radius 3 is 2.38 bits per heavy atom. The van der Waals surface area contributed by atoms with Gasteiger partial charge >= 0.3 is 6.03 Å². The highest BCUT2D eigenvalue weighted by molar-refractivity contribution is 9.10. The van der Waals surface area contributed by atoms with Crippen LogP contribution in [0.5, 0.6) is 0 Å². The lowest BCUT2D eigenvalue weighted by atomic mass is 9.91. The Kier molecular flexibility index (Phi) is 7.25.